The van der Waals surface area contributed by atoms with Crippen LogP contribution in [0.3, 0.4) is 0 Å². The Bertz CT molecular complexity index is 58.5. The Kier molecular flexibility index (Phi) is 12.9. The van der Waals surface area contributed by atoms with E-state index in [2.05, 4.69) is 23.7 Å². The number of rotatable bonds is 7. The molecule has 2 unspecified atom stereocenters. The quantitative estimate of drug-likeness (QED) is 0.301. The number of unbranched alkanes of at least 4 members (excludes halogenated alkanes) is 1. The lowest BCUT2D eigenvalue weighted by Gasteiger charge is -1.99. The van der Waals surface area contributed by atoms with E-state index in [1.165, 1.54) is 18.6 Å². The third-order valence-corrected chi connectivity index (χ3v) is 6.09. The molecule has 62 valence electrons. The molecule has 10 heavy (non-hydrogen) atoms. The van der Waals surface area contributed by atoms with Crippen LogP contribution in [0.2, 0.25) is 0 Å². The van der Waals surface area contributed by atoms with Crippen molar-refractivity contribution in [2.45, 2.75) is 19.8 Å². The van der Waals surface area contributed by atoms with Gasteiger partial charge in [0.15, 0.2) is 0 Å². The van der Waals surface area contributed by atoms with Gasteiger partial charge in [-0.1, -0.05) is 13.3 Å². The molecule has 0 spiro atoms. The Morgan fingerprint density at radius 2 is 2.40 bits per heavy atom. The van der Waals surface area contributed by atoms with Crippen LogP contribution in [0.5, 0.6) is 0 Å². The van der Waals surface area contributed by atoms with Gasteiger partial charge in [-0.05, 0) is 23.7 Å². The van der Waals surface area contributed by atoms with Gasteiger partial charge in [-0.2, -0.15) is 0 Å². The molecule has 6 heteroatoms. The first-order chi connectivity index (χ1) is 4.91. The molecule has 0 aliphatic carbocycles. The number of thiol groups is 1. The highest BCUT2D eigenvalue weighted by molar-refractivity contribution is 8.77. The zero-order valence-electron chi connectivity index (χ0n) is 5.89. The number of hydrogen-bond acceptors (Lipinski definition) is 4. The molecule has 1 N–H and O–H groups in total. The maximum absolute atomic E-state index is 4.09. The summed E-state index contributed by atoms with van der Waals surface area (Å²) in [5.41, 5.74) is 0. The van der Waals surface area contributed by atoms with Crippen LogP contribution in [-0.4, -0.2) is 5.75 Å². The standard InChI is InChI=1S/C4H13NP2S3/c1-2-3-4-9-6-5-10-7-8/h5-8H,2-4H2,1H3. The van der Waals surface area contributed by atoms with Crippen molar-refractivity contribution in [2.75, 3.05) is 5.75 Å². The Hall–Kier alpha value is 1.87. The molecule has 0 amide bonds. The molecule has 2 atom stereocenters. The second-order valence-corrected chi connectivity index (χ2v) is 7.99. The second kappa shape index (κ2) is 10.9. The number of hydrogen-bond donors (Lipinski definition) is 2. The van der Waals surface area contributed by atoms with E-state index in [4.69, 9.17) is 0 Å². The van der Waals surface area contributed by atoms with Crippen LogP contribution in [-0.2, 0) is 0 Å². The van der Waals surface area contributed by atoms with Crippen molar-refractivity contribution in [3.05, 3.63) is 0 Å². The van der Waals surface area contributed by atoms with Crippen molar-refractivity contribution in [2.24, 2.45) is 0 Å². The summed E-state index contributed by atoms with van der Waals surface area (Å²) in [6.07, 6.45) is 2.64. The Morgan fingerprint density at radius 3 is 3.00 bits per heavy atom. The van der Waals surface area contributed by atoms with Crippen molar-refractivity contribution in [3.8, 4) is 0 Å². The molecular weight excluding hydrogens is 220 g/mol. The normalized spacial score (nSPS) is 12.6. The summed E-state index contributed by atoms with van der Waals surface area (Å²) in [4.78, 5) is 0. The molecule has 0 saturated carbocycles. The lowest BCUT2D eigenvalue weighted by atomic mass is 10.4. The van der Waals surface area contributed by atoms with E-state index in [0.717, 1.165) is 7.93 Å². The molecule has 1 nitrogen and oxygen atoms in total. The van der Waals surface area contributed by atoms with Gasteiger partial charge in [-0.25, -0.2) is 4.49 Å². The zero-order valence-corrected chi connectivity index (χ0v) is 10.4. The molecule has 0 bridgehead atoms. The van der Waals surface area contributed by atoms with Crippen LogP contribution in [0.4, 0.5) is 0 Å². The molecule has 0 aromatic carbocycles. The second-order valence-electron chi connectivity index (χ2n) is 1.60. The maximum atomic E-state index is 4.09. The van der Waals surface area contributed by atoms with E-state index >= 15 is 0 Å². The first-order valence-electron chi connectivity index (χ1n) is 3.08. The van der Waals surface area contributed by atoms with Crippen molar-refractivity contribution in [1.82, 2.24) is 4.49 Å². The van der Waals surface area contributed by atoms with E-state index in [-0.39, 0.29) is 0 Å². The first-order valence-corrected chi connectivity index (χ1v) is 9.62. The highest BCUT2D eigenvalue weighted by Gasteiger charge is 1.86. The SMILES string of the molecule is CCCCSPNSPS. The van der Waals surface area contributed by atoms with Gasteiger partial charge in [0, 0.05) is 14.9 Å². The first kappa shape index (κ1) is 11.9. The van der Waals surface area contributed by atoms with Crippen molar-refractivity contribution in [1.29, 1.82) is 0 Å². The fraction of sp³-hybridized carbons (Fsp3) is 1.00. The Balaban J connectivity index is 2.65. The average molecular weight is 233 g/mol. The molecule has 0 aliphatic heterocycles. The van der Waals surface area contributed by atoms with Crippen LogP contribution >= 0.6 is 50.1 Å². The molecule has 0 saturated heterocycles. The van der Waals surface area contributed by atoms with Crippen LogP contribution in [0.25, 0.3) is 0 Å². The van der Waals surface area contributed by atoms with Gasteiger partial charge in [0.25, 0.3) is 0 Å². The molecule has 0 aliphatic rings. The van der Waals surface area contributed by atoms with Gasteiger partial charge in [-0.15, -0.1) is 23.6 Å². The smallest absolute Gasteiger partial charge is 0.0176 e. The topological polar surface area (TPSA) is 12.0 Å². The van der Waals surface area contributed by atoms with E-state index in [1.54, 1.807) is 11.6 Å². The summed E-state index contributed by atoms with van der Waals surface area (Å²) < 4.78 is 3.24. The zero-order chi connectivity index (χ0) is 7.66. The molecule has 0 aromatic heterocycles. The van der Waals surface area contributed by atoms with Gasteiger partial charge >= 0.3 is 0 Å². The summed E-state index contributed by atoms with van der Waals surface area (Å²) in [5.74, 6) is 1.29. The average Bonchev–Trinajstić information content (AvgIpc) is 1.97. The van der Waals surface area contributed by atoms with Gasteiger partial charge < -0.3 is 0 Å². The molecule has 0 rings (SSSR count). The monoisotopic (exact) mass is 233 g/mol. The van der Waals surface area contributed by atoms with Crippen LogP contribution in [0.1, 0.15) is 19.8 Å². The van der Waals surface area contributed by atoms with Crippen molar-refractivity contribution < 1.29 is 0 Å². The minimum atomic E-state index is 0.664. The fourth-order valence-corrected chi connectivity index (χ4v) is 5.87. The Labute approximate surface area is 80.1 Å². The van der Waals surface area contributed by atoms with Gasteiger partial charge in [0.1, 0.15) is 0 Å². The fourth-order valence-electron chi connectivity index (χ4n) is 0.341. The van der Waals surface area contributed by atoms with Crippen LogP contribution in [0.15, 0.2) is 0 Å². The summed E-state index contributed by atoms with van der Waals surface area (Å²) in [7, 11) is 0.837. The summed E-state index contributed by atoms with van der Waals surface area (Å²) in [6, 6.07) is 0. The van der Waals surface area contributed by atoms with Crippen molar-refractivity contribution in [3.63, 3.8) is 0 Å². The lowest BCUT2D eigenvalue weighted by molar-refractivity contribution is 0.898. The molecule has 0 aromatic rings. The number of nitrogens with one attached hydrogen (secondary N) is 1. The van der Waals surface area contributed by atoms with Crippen LogP contribution < -0.4 is 4.49 Å². The Morgan fingerprint density at radius 1 is 1.60 bits per heavy atom. The summed E-state index contributed by atoms with van der Waals surface area (Å²) in [6.45, 7) is 2.89. The maximum Gasteiger partial charge on any atom is 0.0176 e. The third kappa shape index (κ3) is 9.87. The predicted molar refractivity (Wildman–Crippen MR) is 63.7 cm³/mol. The minimum absolute atomic E-state index is 0.664. The highest BCUT2D eigenvalue weighted by Crippen LogP contribution is 2.37. The predicted octanol–water partition coefficient (Wildman–Crippen LogP) is 3.70. The molecular formula is C4H13NP2S3. The highest BCUT2D eigenvalue weighted by atomic mass is 33.1. The molecule has 0 fully saturated rings. The molecule has 0 radical (unpaired) electrons. The minimum Gasteiger partial charge on any atom is -0.231 e. The van der Waals surface area contributed by atoms with Gasteiger partial charge in [0.05, 0.1) is 0 Å². The largest absolute Gasteiger partial charge is 0.231 e. The van der Waals surface area contributed by atoms with E-state index < -0.39 is 0 Å². The van der Waals surface area contributed by atoms with Gasteiger partial charge in [0.2, 0.25) is 0 Å². The van der Waals surface area contributed by atoms with E-state index in [0.29, 0.717) is 6.98 Å². The summed E-state index contributed by atoms with van der Waals surface area (Å²) >= 11 is 7.77. The van der Waals surface area contributed by atoms with Crippen molar-refractivity contribution >= 4 is 50.1 Å². The summed E-state index contributed by atoms with van der Waals surface area (Å²) in [5, 5.41) is 0. The third-order valence-electron chi connectivity index (χ3n) is 0.810. The lowest BCUT2D eigenvalue weighted by Crippen LogP contribution is -1.78. The van der Waals surface area contributed by atoms with Gasteiger partial charge in [-0.3, -0.25) is 0 Å². The van der Waals surface area contributed by atoms with Crippen LogP contribution in [0, 0.1) is 0 Å². The van der Waals surface area contributed by atoms with E-state index in [9.17, 15) is 0 Å². The molecule has 0 heterocycles. The van der Waals surface area contributed by atoms with E-state index in [1.807, 2.05) is 11.4 Å².